The first kappa shape index (κ1) is 17.9. The summed E-state index contributed by atoms with van der Waals surface area (Å²) >= 11 is 0. The molecule has 0 amide bonds. The fraction of sp³-hybridized carbons (Fsp3) is 0.318. The number of carbonyl (C=O) groups is 1. The van der Waals surface area contributed by atoms with Crippen LogP contribution in [0.4, 0.5) is 0 Å². The minimum absolute atomic E-state index is 0.102. The van der Waals surface area contributed by atoms with E-state index in [2.05, 4.69) is 14.9 Å². The molecule has 4 aromatic rings. The second-order valence-electron chi connectivity index (χ2n) is 7.48. The third-order valence-electron chi connectivity index (χ3n) is 5.72. The van der Waals surface area contributed by atoms with Crippen molar-refractivity contribution in [2.45, 2.75) is 31.3 Å². The number of nitrogens with one attached hydrogen (secondary N) is 2. The van der Waals surface area contributed by atoms with Crippen LogP contribution in [0.15, 0.2) is 48.5 Å². The Kier molecular flexibility index (Phi) is 4.52. The monoisotopic (exact) mass is 389 g/mol. The molecule has 2 aromatic carbocycles. The summed E-state index contributed by atoms with van der Waals surface area (Å²) < 4.78 is 5.07. The van der Waals surface area contributed by atoms with Crippen LogP contribution < -0.4 is 0 Å². The number of likely N-dealkylation sites (tertiary alicyclic amines) is 1. The Bertz CT molecular complexity index is 1100. The van der Waals surface area contributed by atoms with E-state index in [0.717, 1.165) is 53.1 Å². The highest BCUT2D eigenvalue weighted by atomic mass is 16.5. The molecule has 1 aliphatic heterocycles. The number of methoxy groups -OCH3 is 1. The zero-order valence-electron chi connectivity index (χ0n) is 16.3. The van der Waals surface area contributed by atoms with Crippen molar-refractivity contribution in [3.05, 3.63) is 60.2 Å². The Hall–Kier alpha value is -3.19. The zero-order chi connectivity index (χ0) is 19.8. The average Bonchev–Trinajstić information content (AvgIpc) is 3.48. The van der Waals surface area contributed by atoms with Gasteiger partial charge in [0, 0.05) is 6.42 Å². The molecule has 0 spiro atoms. The third-order valence-corrected chi connectivity index (χ3v) is 5.72. The number of H-pyrrole nitrogens is 2. The summed E-state index contributed by atoms with van der Waals surface area (Å²) in [6.45, 7) is 0.821. The van der Waals surface area contributed by atoms with Crippen LogP contribution in [-0.2, 0) is 16.0 Å². The first-order chi connectivity index (χ1) is 14.2. The molecule has 2 N–H and O–H groups in total. The van der Waals surface area contributed by atoms with Crippen molar-refractivity contribution >= 4 is 28.0 Å². The molecule has 0 saturated carbocycles. The Morgan fingerprint density at radius 3 is 2.48 bits per heavy atom. The van der Waals surface area contributed by atoms with E-state index in [1.807, 2.05) is 48.5 Å². The number of imidazole rings is 2. The molecule has 5 rings (SSSR count). The lowest BCUT2D eigenvalue weighted by molar-refractivity contribution is -0.146. The highest BCUT2D eigenvalue weighted by Gasteiger charge is 2.38. The number of para-hydroxylation sites is 4. The molecular formula is C22H23N5O2. The van der Waals surface area contributed by atoms with Gasteiger partial charge in [-0.25, -0.2) is 9.97 Å². The van der Waals surface area contributed by atoms with Crippen LogP contribution in [0.3, 0.4) is 0 Å². The molecule has 148 valence electrons. The van der Waals surface area contributed by atoms with Gasteiger partial charge in [-0.05, 0) is 43.7 Å². The molecule has 0 radical (unpaired) electrons. The summed E-state index contributed by atoms with van der Waals surface area (Å²) in [6, 6.07) is 15.6. The maximum absolute atomic E-state index is 12.4. The number of hydrogen-bond donors (Lipinski definition) is 2. The largest absolute Gasteiger partial charge is 0.468 e. The first-order valence-corrected chi connectivity index (χ1v) is 9.95. The number of fused-ring (bicyclic) bond motifs is 2. The fourth-order valence-corrected chi connectivity index (χ4v) is 4.34. The first-order valence-electron chi connectivity index (χ1n) is 9.95. The number of hydrogen-bond acceptors (Lipinski definition) is 5. The third kappa shape index (κ3) is 3.27. The van der Waals surface area contributed by atoms with Crippen molar-refractivity contribution in [1.82, 2.24) is 24.8 Å². The topological polar surface area (TPSA) is 86.9 Å². The normalized spacial score (nSPS) is 18.4. The van der Waals surface area contributed by atoms with Gasteiger partial charge in [-0.3, -0.25) is 9.69 Å². The van der Waals surface area contributed by atoms with E-state index in [9.17, 15) is 4.79 Å². The van der Waals surface area contributed by atoms with Crippen LogP contribution in [0, 0.1) is 0 Å². The summed E-state index contributed by atoms with van der Waals surface area (Å²) in [4.78, 5) is 31.1. The zero-order valence-corrected chi connectivity index (χ0v) is 16.3. The van der Waals surface area contributed by atoms with Gasteiger partial charge in [0.2, 0.25) is 0 Å². The molecule has 7 nitrogen and oxygen atoms in total. The number of aromatic nitrogens is 4. The molecule has 1 saturated heterocycles. The second kappa shape index (κ2) is 7.33. The SMILES string of the molecule is COC(=O)C1CCCN1C(Cc1nc2ccccc2[nH]1)c1nc2ccccc2[nH]1. The molecule has 1 aliphatic rings. The van der Waals surface area contributed by atoms with Crippen molar-refractivity contribution in [2.24, 2.45) is 0 Å². The highest BCUT2D eigenvalue weighted by molar-refractivity contribution is 5.77. The van der Waals surface area contributed by atoms with Crippen molar-refractivity contribution in [3.63, 3.8) is 0 Å². The maximum Gasteiger partial charge on any atom is 0.323 e. The number of carbonyl (C=O) groups excluding carboxylic acids is 1. The molecule has 7 heteroatoms. The smallest absolute Gasteiger partial charge is 0.323 e. The van der Waals surface area contributed by atoms with Crippen LogP contribution in [0.2, 0.25) is 0 Å². The predicted octanol–water partition coefficient (Wildman–Crippen LogP) is 3.36. The van der Waals surface area contributed by atoms with E-state index >= 15 is 0 Å². The Morgan fingerprint density at radius 2 is 1.79 bits per heavy atom. The van der Waals surface area contributed by atoms with Crippen LogP contribution >= 0.6 is 0 Å². The lowest BCUT2D eigenvalue weighted by Crippen LogP contribution is -2.40. The van der Waals surface area contributed by atoms with E-state index in [4.69, 9.17) is 14.7 Å². The van der Waals surface area contributed by atoms with E-state index in [1.165, 1.54) is 7.11 Å². The van der Waals surface area contributed by atoms with Gasteiger partial charge < -0.3 is 14.7 Å². The quantitative estimate of drug-likeness (QED) is 0.511. The summed E-state index contributed by atoms with van der Waals surface area (Å²) in [6.07, 6.45) is 2.38. The summed E-state index contributed by atoms with van der Waals surface area (Å²) in [5.74, 6) is 1.54. The summed E-state index contributed by atoms with van der Waals surface area (Å²) in [5.41, 5.74) is 3.87. The van der Waals surface area contributed by atoms with Gasteiger partial charge >= 0.3 is 5.97 Å². The number of aromatic amines is 2. The molecule has 2 aromatic heterocycles. The van der Waals surface area contributed by atoms with E-state index in [1.54, 1.807) is 0 Å². The van der Waals surface area contributed by atoms with Crippen molar-refractivity contribution < 1.29 is 9.53 Å². The Morgan fingerprint density at radius 1 is 1.10 bits per heavy atom. The molecule has 2 atom stereocenters. The molecule has 0 aliphatic carbocycles. The van der Waals surface area contributed by atoms with Gasteiger partial charge in [-0.2, -0.15) is 0 Å². The molecule has 29 heavy (non-hydrogen) atoms. The second-order valence-corrected chi connectivity index (χ2v) is 7.48. The van der Waals surface area contributed by atoms with Crippen molar-refractivity contribution in [1.29, 1.82) is 0 Å². The highest BCUT2D eigenvalue weighted by Crippen LogP contribution is 2.32. The minimum atomic E-state index is -0.261. The van der Waals surface area contributed by atoms with Gasteiger partial charge in [0.05, 0.1) is 35.2 Å². The van der Waals surface area contributed by atoms with Gasteiger partial charge in [0.15, 0.2) is 0 Å². The van der Waals surface area contributed by atoms with E-state index in [-0.39, 0.29) is 18.1 Å². The van der Waals surface area contributed by atoms with Crippen molar-refractivity contribution in [3.8, 4) is 0 Å². The Labute approximate surface area is 168 Å². The molecule has 1 fully saturated rings. The van der Waals surface area contributed by atoms with Crippen LogP contribution in [0.25, 0.3) is 22.1 Å². The molecule has 2 unspecified atom stereocenters. The number of esters is 1. The number of benzene rings is 2. The van der Waals surface area contributed by atoms with Gasteiger partial charge in [0.25, 0.3) is 0 Å². The predicted molar refractivity (Wildman–Crippen MR) is 110 cm³/mol. The number of nitrogens with zero attached hydrogens (tertiary/aromatic N) is 3. The van der Waals surface area contributed by atoms with Gasteiger partial charge in [0.1, 0.15) is 17.7 Å². The molecule has 0 bridgehead atoms. The van der Waals surface area contributed by atoms with Crippen molar-refractivity contribution in [2.75, 3.05) is 13.7 Å². The molecular weight excluding hydrogens is 366 g/mol. The number of ether oxygens (including phenoxy) is 1. The minimum Gasteiger partial charge on any atom is -0.468 e. The van der Waals surface area contributed by atoms with Gasteiger partial charge in [-0.15, -0.1) is 0 Å². The lowest BCUT2D eigenvalue weighted by Gasteiger charge is -2.30. The summed E-state index contributed by atoms with van der Waals surface area (Å²) in [7, 11) is 1.45. The van der Waals surface area contributed by atoms with Crippen LogP contribution in [0.5, 0.6) is 0 Å². The lowest BCUT2D eigenvalue weighted by atomic mass is 10.1. The van der Waals surface area contributed by atoms with E-state index in [0.29, 0.717) is 6.42 Å². The van der Waals surface area contributed by atoms with Gasteiger partial charge in [-0.1, -0.05) is 24.3 Å². The summed E-state index contributed by atoms with van der Waals surface area (Å²) in [5, 5.41) is 0. The molecule has 3 heterocycles. The fourth-order valence-electron chi connectivity index (χ4n) is 4.34. The number of rotatable bonds is 5. The van der Waals surface area contributed by atoms with Crippen LogP contribution in [-0.4, -0.2) is 50.5 Å². The standard InChI is InChI=1S/C22H23N5O2/c1-29-22(28)18-11-6-12-27(18)19(21-25-16-9-4-5-10-17(16)26-21)13-20-23-14-7-2-3-8-15(14)24-20/h2-5,7-10,18-19H,6,11-13H2,1H3,(H,23,24)(H,25,26). The van der Waals surface area contributed by atoms with Crippen LogP contribution in [0.1, 0.15) is 30.5 Å². The van der Waals surface area contributed by atoms with E-state index < -0.39 is 0 Å². The Balaban J connectivity index is 1.55. The maximum atomic E-state index is 12.4. The average molecular weight is 389 g/mol.